The smallest absolute Gasteiger partial charge is 0.243 e. The first-order valence-corrected chi connectivity index (χ1v) is 14.0. The van der Waals surface area contributed by atoms with Crippen LogP contribution in [-0.2, 0) is 16.6 Å². The van der Waals surface area contributed by atoms with Crippen molar-refractivity contribution in [1.29, 1.82) is 0 Å². The predicted molar refractivity (Wildman–Crippen MR) is 148 cm³/mol. The molecule has 0 radical (unpaired) electrons. The Kier molecular flexibility index (Phi) is 7.15. The lowest BCUT2D eigenvalue weighted by Crippen LogP contribution is -2.35. The Balaban J connectivity index is 1.64. The summed E-state index contributed by atoms with van der Waals surface area (Å²) < 4.78 is 28.4. The van der Waals surface area contributed by atoms with Crippen LogP contribution in [0.4, 0.5) is 5.69 Å². The molecule has 0 saturated carbocycles. The minimum absolute atomic E-state index is 0.0469. The molecule has 0 spiro atoms. The molecule has 3 aromatic carbocycles. The van der Waals surface area contributed by atoms with Gasteiger partial charge in [0, 0.05) is 36.1 Å². The second-order valence-corrected chi connectivity index (χ2v) is 11.7. The second kappa shape index (κ2) is 10.5. The summed E-state index contributed by atoms with van der Waals surface area (Å²) in [5.74, 6) is -0.0469. The number of nitrogens with zero attached hydrogens (tertiary/aromatic N) is 3. The van der Waals surface area contributed by atoms with E-state index in [0.717, 1.165) is 37.1 Å². The van der Waals surface area contributed by atoms with E-state index in [4.69, 9.17) is 4.99 Å². The first-order chi connectivity index (χ1) is 17.8. The van der Waals surface area contributed by atoms with E-state index < -0.39 is 10.0 Å². The number of H-pyrrole nitrogens is 1. The van der Waals surface area contributed by atoms with E-state index in [-0.39, 0.29) is 10.8 Å². The number of sulfonamides is 1. The molecular weight excluding hydrogens is 484 g/mol. The SMILES string of the molecule is CN(C)Cc1ccc(N=C(c2ccccc2)c2c(O)[nH]c3ccc(S(=O)(=O)N4CCCCC4)cc23)cc1. The van der Waals surface area contributed by atoms with Crippen LogP contribution in [0, 0.1) is 0 Å². The first kappa shape index (κ1) is 25.2. The minimum atomic E-state index is -3.63. The highest BCUT2D eigenvalue weighted by Gasteiger charge is 2.27. The summed E-state index contributed by atoms with van der Waals surface area (Å²) in [6.45, 7) is 1.89. The molecule has 1 aliphatic rings. The van der Waals surface area contributed by atoms with Crippen LogP contribution in [0.1, 0.15) is 36.0 Å². The zero-order valence-electron chi connectivity index (χ0n) is 21.2. The van der Waals surface area contributed by atoms with Crippen molar-refractivity contribution < 1.29 is 13.5 Å². The van der Waals surface area contributed by atoms with Crippen LogP contribution in [0.3, 0.4) is 0 Å². The van der Waals surface area contributed by atoms with Crippen molar-refractivity contribution in [3.05, 3.63) is 89.5 Å². The number of rotatable bonds is 7. The lowest BCUT2D eigenvalue weighted by molar-refractivity contribution is 0.346. The fraction of sp³-hybridized carbons (Fsp3) is 0.276. The van der Waals surface area contributed by atoms with Crippen molar-refractivity contribution in [3.63, 3.8) is 0 Å². The van der Waals surface area contributed by atoms with Crippen LogP contribution in [-0.4, -0.2) is 60.6 Å². The van der Waals surface area contributed by atoms with E-state index in [9.17, 15) is 13.5 Å². The average molecular weight is 517 g/mol. The Morgan fingerprint density at radius 3 is 2.35 bits per heavy atom. The van der Waals surface area contributed by atoms with Crippen molar-refractivity contribution in [1.82, 2.24) is 14.2 Å². The normalized spacial score (nSPS) is 15.5. The van der Waals surface area contributed by atoms with E-state index in [0.29, 0.717) is 35.3 Å². The van der Waals surface area contributed by atoms with Gasteiger partial charge in [0.1, 0.15) is 0 Å². The van der Waals surface area contributed by atoms with Gasteiger partial charge in [-0.25, -0.2) is 13.4 Å². The molecule has 4 aromatic rings. The third kappa shape index (κ3) is 5.32. The predicted octanol–water partition coefficient (Wildman–Crippen LogP) is 5.28. The molecular formula is C29H32N4O3S. The van der Waals surface area contributed by atoms with Crippen molar-refractivity contribution in [2.45, 2.75) is 30.7 Å². The van der Waals surface area contributed by atoms with Gasteiger partial charge in [0.25, 0.3) is 0 Å². The van der Waals surface area contributed by atoms with Gasteiger partial charge < -0.3 is 15.0 Å². The fourth-order valence-electron chi connectivity index (χ4n) is 4.84. The quantitative estimate of drug-likeness (QED) is 0.327. The topological polar surface area (TPSA) is 89.0 Å². The molecule has 0 aliphatic carbocycles. The summed E-state index contributed by atoms with van der Waals surface area (Å²) in [4.78, 5) is 10.3. The zero-order valence-corrected chi connectivity index (χ0v) is 22.0. The molecule has 2 N–H and O–H groups in total. The third-order valence-corrected chi connectivity index (χ3v) is 8.56. The lowest BCUT2D eigenvalue weighted by atomic mass is 10.0. The highest BCUT2D eigenvalue weighted by Crippen LogP contribution is 2.34. The molecule has 0 atom stereocenters. The van der Waals surface area contributed by atoms with Crippen LogP contribution in [0.15, 0.2) is 82.7 Å². The maximum absolute atomic E-state index is 13.4. The van der Waals surface area contributed by atoms with Gasteiger partial charge in [-0.2, -0.15) is 4.31 Å². The van der Waals surface area contributed by atoms with E-state index in [1.165, 1.54) is 5.56 Å². The Morgan fingerprint density at radius 1 is 0.973 bits per heavy atom. The largest absolute Gasteiger partial charge is 0.494 e. The Labute approximate surface area is 218 Å². The number of nitrogens with one attached hydrogen (secondary N) is 1. The molecule has 0 bridgehead atoms. The molecule has 8 heteroatoms. The molecule has 1 aromatic heterocycles. The van der Waals surface area contributed by atoms with Crippen LogP contribution in [0.25, 0.3) is 10.9 Å². The average Bonchev–Trinajstić information content (AvgIpc) is 3.23. The highest BCUT2D eigenvalue weighted by molar-refractivity contribution is 7.89. The van der Waals surface area contributed by atoms with Crippen molar-refractivity contribution in [2.75, 3.05) is 27.2 Å². The molecule has 2 heterocycles. The molecule has 1 saturated heterocycles. The van der Waals surface area contributed by atoms with Gasteiger partial charge in [-0.15, -0.1) is 0 Å². The minimum Gasteiger partial charge on any atom is -0.494 e. The molecule has 5 rings (SSSR count). The number of fused-ring (bicyclic) bond motifs is 1. The van der Waals surface area contributed by atoms with E-state index in [2.05, 4.69) is 9.88 Å². The Morgan fingerprint density at radius 2 is 1.68 bits per heavy atom. The molecule has 7 nitrogen and oxygen atoms in total. The molecule has 192 valence electrons. The van der Waals surface area contributed by atoms with Crippen LogP contribution in [0.5, 0.6) is 5.88 Å². The number of aromatic amines is 1. The highest BCUT2D eigenvalue weighted by atomic mass is 32.2. The summed E-state index contributed by atoms with van der Waals surface area (Å²) in [6.07, 6.45) is 2.79. The fourth-order valence-corrected chi connectivity index (χ4v) is 6.39. The Bertz CT molecular complexity index is 1520. The number of aromatic hydroxyl groups is 1. The van der Waals surface area contributed by atoms with Crippen molar-refractivity contribution in [3.8, 4) is 5.88 Å². The van der Waals surface area contributed by atoms with Crippen molar-refractivity contribution in [2.24, 2.45) is 4.99 Å². The van der Waals surface area contributed by atoms with Crippen LogP contribution < -0.4 is 0 Å². The zero-order chi connectivity index (χ0) is 26.0. The van der Waals surface area contributed by atoms with Gasteiger partial charge in [-0.3, -0.25) is 0 Å². The molecule has 0 amide bonds. The second-order valence-electron chi connectivity index (χ2n) is 9.75. The van der Waals surface area contributed by atoms with Gasteiger partial charge in [-0.1, -0.05) is 48.9 Å². The number of benzene rings is 3. The van der Waals surface area contributed by atoms with Gasteiger partial charge in [0.2, 0.25) is 10.0 Å². The van der Waals surface area contributed by atoms with Crippen LogP contribution in [0.2, 0.25) is 0 Å². The number of aliphatic imine (C=N–C) groups is 1. The lowest BCUT2D eigenvalue weighted by Gasteiger charge is -2.25. The summed E-state index contributed by atoms with van der Waals surface area (Å²) in [7, 11) is 0.423. The number of hydrogen-bond acceptors (Lipinski definition) is 5. The van der Waals surface area contributed by atoms with Gasteiger partial charge in [0.05, 0.1) is 21.9 Å². The Hall–Kier alpha value is -3.46. The van der Waals surface area contributed by atoms with Gasteiger partial charge >= 0.3 is 0 Å². The first-order valence-electron chi connectivity index (χ1n) is 12.6. The van der Waals surface area contributed by atoms with E-state index >= 15 is 0 Å². The third-order valence-electron chi connectivity index (χ3n) is 6.66. The molecule has 1 fully saturated rings. The summed E-state index contributed by atoms with van der Waals surface area (Å²) in [5.41, 5.74) is 4.43. The number of hydrogen-bond donors (Lipinski definition) is 2. The number of aromatic nitrogens is 1. The van der Waals surface area contributed by atoms with Gasteiger partial charge in [0.15, 0.2) is 5.88 Å². The summed E-state index contributed by atoms with van der Waals surface area (Å²) in [6, 6.07) is 22.6. The molecule has 1 aliphatic heterocycles. The summed E-state index contributed by atoms with van der Waals surface area (Å²) >= 11 is 0. The maximum Gasteiger partial charge on any atom is 0.243 e. The van der Waals surface area contributed by atoms with Gasteiger partial charge in [-0.05, 0) is 62.8 Å². The standard InChI is InChI=1S/C29H32N4O3S/c1-32(2)20-21-11-13-23(14-12-21)30-28(22-9-5-3-6-10-22)27-25-19-24(15-16-26(25)31-29(27)34)37(35,36)33-17-7-4-8-18-33/h3,5-6,9-16,19,31,34H,4,7-8,17-18,20H2,1-2H3. The maximum atomic E-state index is 13.4. The van der Waals surface area contributed by atoms with E-state index in [1.807, 2.05) is 68.7 Å². The summed E-state index contributed by atoms with van der Waals surface area (Å²) in [5, 5.41) is 11.6. The van der Waals surface area contributed by atoms with Crippen LogP contribution >= 0.6 is 0 Å². The molecule has 0 unspecified atom stereocenters. The number of piperidine rings is 1. The molecule has 37 heavy (non-hydrogen) atoms. The van der Waals surface area contributed by atoms with E-state index in [1.54, 1.807) is 22.5 Å². The monoisotopic (exact) mass is 516 g/mol. The van der Waals surface area contributed by atoms with Crippen molar-refractivity contribution >= 4 is 32.3 Å².